The standard InChI is InChI=1S/C53H89NO12/c1-31-16-12-11-13-17-32(2)45(62-8)27-39-21-19-36(6)53(61,66-39)52(60)44(57)30-54-23-15-14-18-41(54)47-28-40(38-20-22-42(55)48(26-38)63-9)37(7)46(65-47)29-43(56)33(3)25-35(5)50(59)51(64-10)49(58)34(4)24-31/h28,31-42,45-46,48,50-51,55,59,61H,11-27,29-30H2,1-10H3. The second-order valence-electron chi connectivity index (χ2n) is 21.9. The fourth-order valence-corrected chi connectivity index (χ4v) is 12.3. The fourth-order valence-electron chi connectivity index (χ4n) is 12.3. The maximum Gasteiger partial charge on any atom is 0.258 e. The van der Waals surface area contributed by atoms with E-state index in [1.807, 2.05) is 25.7 Å². The summed E-state index contributed by atoms with van der Waals surface area (Å²) < 4.78 is 30.6. The number of methoxy groups -OCH3 is 3. The number of ether oxygens (including phenoxy) is 5. The van der Waals surface area contributed by atoms with E-state index in [1.165, 1.54) is 7.11 Å². The Kier molecular flexibility index (Phi) is 20.9. The SMILES string of the molecule is COC1CC2CCC(C)C(O)(O2)C(=O)C(=O)CN2CCCCC2C2=CC(C3CCC(O)C(OC)C3)C(C)C(CC(=O)C(C)CC(C)C(O)C(OC)C(=O)C(C)CC(C)CCCCCC1C)O2. The van der Waals surface area contributed by atoms with Crippen molar-refractivity contribution in [2.75, 3.05) is 34.4 Å². The summed E-state index contributed by atoms with van der Waals surface area (Å²) >= 11 is 0. The van der Waals surface area contributed by atoms with Gasteiger partial charge in [-0.25, -0.2) is 0 Å². The zero-order valence-electron chi connectivity index (χ0n) is 42.3. The van der Waals surface area contributed by atoms with Crippen molar-refractivity contribution < 1.29 is 58.2 Å². The molecule has 66 heavy (non-hydrogen) atoms. The van der Waals surface area contributed by atoms with E-state index in [0.29, 0.717) is 69.6 Å². The third kappa shape index (κ3) is 13.6. The van der Waals surface area contributed by atoms with Gasteiger partial charge in [0, 0.05) is 57.8 Å². The number of aliphatic hydroxyl groups is 3. The van der Waals surface area contributed by atoms with Gasteiger partial charge in [-0.05, 0) is 106 Å². The van der Waals surface area contributed by atoms with E-state index in [4.69, 9.17) is 23.7 Å². The van der Waals surface area contributed by atoms with Crippen molar-refractivity contribution in [2.45, 2.75) is 212 Å². The molecule has 0 aromatic carbocycles. The molecule has 4 fully saturated rings. The Labute approximate surface area is 396 Å². The van der Waals surface area contributed by atoms with E-state index in [1.54, 1.807) is 21.1 Å². The van der Waals surface area contributed by atoms with Crippen molar-refractivity contribution in [1.29, 1.82) is 0 Å². The van der Waals surface area contributed by atoms with Crippen molar-refractivity contribution in [1.82, 2.24) is 4.90 Å². The number of hydrogen-bond acceptors (Lipinski definition) is 13. The number of fused-ring (bicyclic) bond motifs is 6. The van der Waals surface area contributed by atoms with Crippen LogP contribution >= 0.6 is 0 Å². The Morgan fingerprint density at radius 2 is 1.41 bits per heavy atom. The number of allylic oxidation sites excluding steroid dienone is 1. The maximum absolute atomic E-state index is 14.3. The lowest BCUT2D eigenvalue weighted by atomic mass is 9.69. The monoisotopic (exact) mass is 932 g/mol. The molecule has 4 aliphatic heterocycles. The van der Waals surface area contributed by atoms with Gasteiger partial charge in [0.2, 0.25) is 11.6 Å². The minimum atomic E-state index is -2.24. The minimum absolute atomic E-state index is 0.00239. The third-order valence-electron chi connectivity index (χ3n) is 16.9. The third-order valence-corrected chi connectivity index (χ3v) is 16.9. The highest BCUT2D eigenvalue weighted by Gasteiger charge is 2.51. The Morgan fingerprint density at radius 1 is 0.712 bits per heavy atom. The summed E-state index contributed by atoms with van der Waals surface area (Å²) in [6.07, 6.45) is 10.5. The Balaban J connectivity index is 1.44. The molecule has 13 heteroatoms. The van der Waals surface area contributed by atoms with Crippen LogP contribution in [0.15, 0.2) is 11.8 Å². The molecule has 0 aromatic rings. The molecule has 18 atom stereocenters. The highest BCUT2D eigenvalue weighted by Crippen LogP contribution is 2.44. The minimum Gasteiger partial charge on any atom is -0.493 e. The van der Waals surface area contributed by atoms with Gasteiger partial charge in [0.15, 0.2) is 5.78 Å². The van der Waals surface area contributed by atoms with Crippen LogP contribution in [-0.2, 0) is 42.9 Å². The number of carbonyl (C=O) groups is 4. The van der Waals surface area contributed by atoms with Gasteiger partial charge in [-0.2, -0.15) is 0 Å². The van der Waals surface area contributed by atoms with Crippen molar-refractivity contribution >= 4 is 23.1 Å². The van der Waals surface area contributed by atoms with Crippen LogP contribution in [0, 0.1) is 53.3 Å². The predicted octanol–water partition coefficient (Wildman–Crippen LogP) is 7.43. The van der Waals surface area contributed by atoms with Gasteiger partial charge >= 0.3 is 0 Å². The normalized spacial score (nSPS) is 43.3. The molecule has 18 unspecified atom stereocenters. The van der Waals surface area contributed by atoms with E-state index in [0.717, 1.165) is 51.4 Å². The number of rotatable bonds is 4. The zero-order valence-corrected chi connectivity index (χ0v) is 42.3. The molecule has 0 amide bonds. The van der Waals surface area contributed by atoms with Gasteiger partial charge in [0.05, 0.1) is 43.1 Å². The second kappa shape index (κ2) is 25.1. The average molecular weight is 932 g/mol. The van der Waals surface area contributed by atoms with Crippen LogP contribution in [0.2, 0.25) is 0 Å². The molecule has 378 valence electrons. The number of nitrogens with zero attached hydrogens (tertiary/aromatic N) is 1. The van der Waals surface area contributed by atoms with Crippen molar-refractivity contribution in [2.24, 2.45) is 53.3 Å². The van der Waals surface area contributed by atoms with Crippen LogP contribution in [0.5, 0.6) is 0 Å². The summed E-state index contributed by atoms with van der Waals surface area (Å²) in [6, 6.07) is -0.326. The summed E-state index contributed by atoms with van der Waals surface area (Å²) in [5, 5.41) is 34.3. The summed E-state index contributed by atoms with van der Waals surface area (Å²) in [5.41, 5.74) is 0. The molecule has 4 heterocycles. The molecule has 0 aromatic heterocycles. The molecule has 1 aliphatic carbocycles. The average Bonchev–Trinajstić information content (AvgIpc) is 3.29. The summed E-state index contributed by atoms with van der Waals surface area (Å²) in [6.45, 7) is 14.3. The summed E-state index contributed by atoms with van der Waals surface area (Å²) in [5.74, 6) is -4.35. The van der Waals surface area contributed by atoms with Gasteiger partial charge < -0.3 is 39.0 Å². The molecular formula is C53H89NO12. The van der Waals surface area contributed by atoms with E-state index in [2.05, 4.69) is 26.8 Å². The molecule has 4 bridgehead atoms. The number of ketones is 4. The highest BCUT2D eigenvalue weighted by molar-refractivity contribution is 6.40. The largest absolute Gasteiger partial charge is 0.493 e. The van der Waals surface area contributed by atoms with Crippen LogP contribution in [0.3, 0.4) is 0 Å². The van der Waals surface area contributed by atoms with Crippen molar-refractivity contribution in [3.63, 3.8) is 0 Å². The number of piperidine rings is 1. The van der Waals surface area contributed by atoms with E-state index in [9.17, 15) is 34.5 Å². The van der Waals surface area contributed by atoms with E-state index < -0.39 is 65.6 Å². The van der Waals surface area contributed by atoms with Gasteiger partial charge in [0.25, 0.3) is 5.78 Å². The number of carbonyl (C=O) groups excluding carboxylic acids is 4. The van der Waals surface area contributed by atoms with Crippen LogP contribution < -0.4 is 0 Å². The summed E-state index contributed by atoms with van der Waals surface area (Å²) in [4.78, 5) is 58.4. The fraction of sp³-hybridized carbons (Fsp3) is 0.887. The number of aliphatic hydroxyl groups excluding tert-OH is 2. The Bertz CT molecular complexity index is 1620. The molecule has 13 nitrogen and oxygen atoms in total. The van der Waals surface area contributed by atoms with Crippen LogP contribution in [-0.4, -0.2) is 132 Å². The van der Waals surface area contributed by atoms with Gasteiger partial charge in [0.1, 0.15) is 23.8 Å². The zero-order chi connectivity index (χ0) is 48.5. The van der Waals surface area contributed by atoms with E-state index >= 15 is 0 Å². The molecule has 5 aliphatic rings. The molecule has 0 spiro atoms. The van der Waals surface area contributed by atoms with Gasteiger partial charge in [-0.3, -0.25) is 24.1 Å². The topological polar surface area (TPSA) is 178 Å². The first-order chi connectivity index (χ1) is 31.3. The first-order valence-electron chi connectivity index (χ1n) is 25.9. The lowest BCUT2D eigenvalue weighted by molar-refractivity contribution is -0.266. The quantitative estimate of drug-likeness (QED) is 0.238. The highest BCUT2D eigenvalue weighted by atomic mass is 16.6. The lowest BCUT2D eigenvalue weighted by Gasteiger charge is -2.46. The maximum atomic E-state index is 14.3. The smallest absolute Gasteiger partial charge is 0.258 e. The number of Topliss-reactive ketones (excluding diaryl/α,β-unsaturated/α-hetero) is 4. The Morgan fingerprint density at radius 3 is 2.11 bits per heavy atom. The van der Waals surface area contributed by atoms with E-state index in [-0.39, 0.29) is 72.4 Å². The van der Waals surface area contributed by atoms with Gasteiger partial charge in [-0.15, -0.1) is 0 Å². The van der Waals surface area contributed by atoms with Gasteiger partial charge in [-0.1, -0.05) is 80.6 Å². The molecule has 3 N–H and O–H groups in total. The van der Waals surface area contributed by atoms with Crippen molar-refractivity contribution in [3.05, 3.63) is 11.8 Å². The first kappa shape index (κ1) is 54.8. The lowest BCUT2D eigenvalue weighted by Crippen LogP contribution is -2.57. The second-order valence-corrected chi connectivity index (χ2v) is 21.9. The first-order valence-corrected chi connectivity index (χ1v) is 25.9. The molecular weight excluding hydrogens is 843 g/mol. The molecule has 3 saturated heterocycles. The Hall–Kier alpha value is -2.10. The van der Waals surface area contributed by atoms with Crippen molar-refractivity contribution in [3.8, 4) is 0 Å². The molecule has 5 rings (SSSR count). The molecule has 1 saturated carbocycles. The van der Waals surface area contributed by atoms with Crippen LogP contribution in [0.25, 0.3) is 0 Å². The van der Waals surface area contributed by atoms with Crippen LogP contribution in [0.1, 0.15) is 158 Å². The molecule has 0 radical (unpaired) electrons. The predicted molar refractivity (Wildman–Crippen MR) is 252 cm³/mol. The van der Waals surface area contributed by atoms with Crippen LogP contribution in [0.4, 0.5) is 0 Å². The summed E-state index contributed by atoms with van der Waals surface area (Å²) in [7, 11) is 4.79. The number of hydrogen-bond donors (Lipinski definition) is 3.